The summed E-state index contributed by atoms with van der Waals surface area (Å²) in [6.45, 7) is 3.84. The zero-order valence-electron chi connectivity index (χ0n) is 16.6. The summed E-state index contributed by atoms with van der Waals surface area (Å²) in [5, 5.41) is 11.7. The van der Waals surface area contributed by atoms with E-state index in [0.29, 0.717) is 22.9 Å². The number of pyridine rings is 1. The van der Waals surface area contributed by atoms with E-state index in [1.54, 1.807) is 30.3 Å². The molecule has 3 aromatic rings. The van der Waals surface area contributed by atoms with Gasteiger partial charge in [-0.2, -0.15) is 13.2 Å². The minimum atomic E-state index is -4.74. The van der Waals surface area contributed by atoms with Crippen LogP contribution in [-0.2, 0) is 18.3 Å². The van der Waals surface area contributed by atoms with Gasteiger partial charge in [-0.1, -0.05) is 43.3 Å². The maximum Gasteiger partial charge on any atom is 0.417 e. The number of nitrogens with zero attached hydrogens (tertiary/aromatic N) is 1. The van der Waals surface area contributed by atoms with Crippen molar-refractivity contribution in [2.45, 2.75) is 56.7 Å². The number of benzene rings is 2. The quantitative estimate of drug-likeness (QED) is 0.613. The van der Waals surface area contributed by atoms with Crippen molar-refractivity contribution in [1.82, 2.24) is 4.98 Å². The third-order valence-electron chi connectivity index (χ3n) is 6.42. The fourth-order valence-electron chi connectivity index (χ4n) is 4.85. The Morgan fingerprint density at radius 3 is 2.59 bits per heavy atom. The molecule has 2 aromatic carbocycles. The van der Waals surface area contributed by atoms with E-state index >= 15 is 0 Å². The first kappa shape index (κ1) is 19.9. The van der Waals surface area contributed by atoms with Crippen LogP contribution < -0.4 is 0 Å². The molecule has 2 unspecified atom stereocenters. The minimum Gasteiger partial charge on any atom is -0.380 e. The van der Waals surface area contributed by atoms with Crippen molar-refractivity contribution in [3.8, 4) is 0 Å². The zero-order chi connectivity index (χ0) is 20.9. The maximum atomic E-state index is 14.2. The van der Waals surface area contributed by atoms with Crippen molar-refractivity contribution in [1.29, 1.82) is 0 Å². The summed E-state index contributed by atoms with van der Waals surface area (Å²) >= 11 is 0. The molecule has 1 aliphatic carbocycles. The van der Waals surface area contributed by atoms with E-state index in [9.17, 15) is 18.3 Å². The van der Waals surface area contributed by atoms with Crippen LogP contribution in [0.1, 0.15) is 42.0 Å². The van der Waals surface area contributed by atoms with Gasteiger partial charge in [-0.05, 0) is 66.0 Å². The van der Waals surface area contributed by atoms with Gasteiger partial charge < -0.3 is 5.11 Å². The van der Waals surface area contributed by atoms with Gasteiger partial charge in [0.05, 0.1) is 5.52 Å². The van der Waals surface area contributed by atoms with Crippen LogP contribution in [0, 0.1) is 6.92 Å². The number of rotatable bonds is 4. The van der Waals surface area contributed by atoms with Crippen molar-refractivity contribution in [3.63, 3.8) is 0 Å². The normalized spacial score (nSPS) is 21.2. The third-order valence-corrected chi connectivity index (χ3v) is 6.42. The van der Waals surface area contributed by atoms with Gasteiger partial charge in [-0.25, -0.2) is 0 Å². The second kappa shape index (κ2) is 6.84. The smallest absolute Gasteiger partial charge is 0.380 e. The molecule has 0 saturated heterocycles. The average Bonchev–Trinajstić information content (AvgIpc) is 2.99. The summed E-state index contributed by atoms with van der Waals surface area (Å²) in [6.07, 6.45) is -2.75. The number of aromatic nitrogens is 1. The van der Waals surface area contributed by atoms with Crippen LogP contribution in [-0.4, -0.2) is 21.9 Å². The molecular weight excluding hydrogens is 375 g/mol. The van der Waals surface area contributed by atoms with Gasteiger partial charge in [-0.15, -0.1) is 0 Å². The second-order valence-corrected chi connectivity index (χ2v) is 8.53. The number of aryl methyl sites for hydroxylation is 1. The summed E-state index contributed by atoms with van der Waals surface area (Å²) < 4.78 is 42.6. The van der Waals surface area contributed by atoms with Crippen molar-refractivity contribution < 1.29 is 18.3 Å². The van der Waals surface area contributed by atoms with Gasteiger partial charge in [0.2, 0.25) is 0 Å². The first-order valence-electron chi connectivity index (χ1n) is 9.84. The molecule has 0 fully saturated rings. The lowest BCUT2D eigenvalue weighted by Crippen LogP contribution is -2.51. The standard InChI is InChI=1S/C24H24F3NO/c1-16-6-5-8-20-18(16)10-12-22(20,2)15-23(29,24(25,26)27)14-17-11-13-28-21-9-4-3-7-19(17)21/h3-9,11,13,29H,10,12,14-15H2,1-2H3. The van der Waals surface area contributed by atoms with Crippen molar-refractivity contribution in [2.24, 2.45) is 0 Å². The van der Waals surface area contributed by atoms with Crippen LogP contribution in [0.4, 0.5) is 13.2 Å². The molecule has 0 amide bonds. The molecule has 0 bridgehead atoms. The molecule has 152 valence electrons. The summed E-state index contributed by atoms with van der Waals surface area (Å²) in [4.78, 5) is 4.23. The lowest BCUT2D eigenvalue weighted by Gasteiger charge is -2.38. The van der Waals surface area contributed by atoms with Crippen molar-refractivity contribution in [2.75, 3.05) is 0 Å². The fraction of sp³-hybridized carbons (Fsp3) is 0.375. The molecule has 0 radical (unpaired) electrons. The molecule has 29 heavy (non-hydrogen) atoms. The molecular formula is C24H24F3NO. The number of hydrogen-bond acceptors (Lipinski definition) is 2. The van der Waals surface area contributed by atoms with Gasteiger partial charge in [0.15, 0.2) is 5.60 Å². The summed E-state index contributed by atoms with van der Waals surface area (Å²) in [6, 6.07) is 14.5. The maximum absolute atomic E-state index is 14.2. The van der Waals surface area contributed by atoms with Crippen LogP contribution in [0.5, 0.6) is 0 Å². The molecule has 0 saturated carbocycles. The van der Waals surface area contributed by atoms with Gasteiger partial charge in [0.25, 0.3) is 0 Å². The molecule has 4 rings (SSSR count). The highest BCUT2D eigenvalue weighted by atomic mass is 19.4. The van der Waals surface area contributed by atoms with Crippen molar-refractivity contribution >= 4 is 10.9 Å². The molecule has 0 aliphatic heterocycles. The first-order valence-corrected chi connectivity index (χ1v) is 9.84. The first-order chi connectivity index (χ1) is 13.6. The summed E-state index contributed by atoms with van der Waals surface area (Å²) in [5.74, 6) is 0. The Bertz CT molecular complexity index is 1060. The topological polar surface area (TPSA) is 33.1 Å². The lowest BCUT2D eigenvalue weighted by atomic mass is 9.72. The monoisotopic (exact) mass is 399 g/mol. The molecule has 5 heteroatoms. The SMILES string of the molecule is Cc1cccc2c1CCC2(C)CC(O)(Cc1ccnc2ccccc12)C(F)(F)F. The highest BCUT2D eigenvalue weighted by Gasteiger charge is 2.57. The Hall–Kier alpha value is -2.40. The van der Waals surface area contributed by atoms with E-state index in [4.69, 9.17) is 0 Å². The molecule has 2 atom stereocenters. The Morgan fingerprint density at radius 1 is 1.07 bits per heavy atom. The molecule has 1 heterocycles. The second-order valence-electron chi connectivity index (χ2n) is 8.53. The number of fused-ring (bicyclic) bond motifs is 2. The van der Waals surface area contributed by atoms with E-state index in [1.807, 2.05) is 32.0 Å². The highest BCUT2D eigenvalue weighted by Crippen LogP contribution is 2.49. The molecule has 2 nitrogen and oxygen atoms in total. The molecule has 1 aromatic heterocycles. The summed E-state index contributed by atoms with van der Waals surface area (Å²) in [7, 11) is 0. The lowest BCUT2D eigenvalue weighted by molar-refractivity contribution is -0.266. The molecule has 1 N–H and O–H groups in total. The number of halogens is 3. The van der Waals surface area contributed by atoms with Crippen LogP contribution in [0.2, 0.25) is 0 Å². The van der Waals surface area contributed by atoms with Crippen molar-refractivity contribution in [3.05, 3.63) is 77.0 Å². The highest BCUT2D eigenvalue weighted by molar-refractivity contribution is 5.81. The van der Waals surface area contributed by atoms with Crippen LogP contribution >= 0.6 is 0 Å². The number of alkyl halides is 3. The van der Waals surface area contributed by atoms with E-state index in [2.05, 4.69) is 4.98 Å². The third kappa shape index (κ3) is 3.42. The van der Waals surface area contributed by atoms with Crippen LogP contribution in [0.3, 0.4) is 0 Å². The Morgan fingerprint density at radius 2 is 1.83 bits per heavy atom. The zero-order valence-corrected chi connectivity index (χ0v) is 16.6. The fourth-order valence-corrected chi connectivity index (χ4v) is 4.85. The minimum absolute atomic E-state index is 0.364. The van der Waals surface area contributed by atoms with Gasteiger partial charge in [0.1, 0.15) is 0 Å². The van der Waals surface area contributed by atoms with Gasteiger partial charge in [0, 0.05) is 18.0 Å². The Kier molecular flexibility index (Phi) is 4.69. The van der Waals surface area contributed by atoms with Crippen LogP contribution in [0.15, 0.2) is 54.7 Å². The van der Waals surface area contributed by atoms with E-state index in [1.165, 1.54) is 6.20 Å². The Labute approximate surface area is 168 Å². The van der Waals surface area contributed by atoms with E-state index in [0.717, 1.165) is 23.1 Å². The van der Waals surface area contributed by atoms with E-state index in [-0.39, 0.29) is 6.42 Å². The molecule has 0 spiro atoms. The van der Waals surface area contributed by atoms with Crippen LogP contribution in [0.25, 0.3) is 10.9 Å². The predicted molar refractivity (Wildman–Crippen MR) is 108 cm³/mol. The number of aliphatic hydroxyl groups is 1. The predicted octanol–water partition coefficient (Wildman–Crippen LogP) is 5.67. The number of para-hydroxylation sites is 1. The van der Waals surface area contributed by atoms with Gasteiger partial charge >= 0.3 is 6.18 Å². The van der Waals surface area contributed by atoms with Gasteiger partial charge in [-0.3, -0.25) is 4.98 Å². The number of hydrogen-bond donors (Lipinski definition) is 1. The average molecular weight is 399 g/mol. The molecule has 1 aliphatic rings. The largest absolute Gasteiger partial charge is 0.417 e. The summed E-state index contributed by atoms with van der Waals surface area (Å²) in [5.41, 5.74) is 0.686. The van der Waals surface area contributed by atoms with E-state index < -0.39 is 23.6 Å². The Balaban J connectivity index is 1.75.